The number of rotatable bonds is 2. The number of aromatic hydroxyl groups is 1. The van der Waals surface area contributed by atoms with Gasteiger partial charge in [0.2, 0.25) is 5.82 Å². The zero-order valence-electron chi connectivity index (χ0n) is 9.92. The third kappa shape index (κ3) is 2.21. The highest BCUT2D eigenvalue weighted by Crippen LogP contribution is 2.30. The molecule has 0 spiro atoms. The molecule has 5 nitrogen and oxygen atoms in total. The van der Waals surface area contributed by atoms with Crippen molar-refractivity contribution >= 4 is 11.6 Å². The van der Waals surface area contributed by atoms with Gasteiger partial charge < -0.3 is 9.63 Å². The Hall–Kier alpha value is -2.47. The van der Waals surface area contributed by atoms with Gasteiger partial charge >= 0.3 is 0 Å². The summed E-state index contributed by atoms with van der Waals surface area (Å²) in [4.78, 5) is 8.15. The first-order valence-electron chi connectivity index (χ1n) is 5.58. The standard InChI is InChI=1S/C13H7ClFN3O2/c14-9-2-1-5-16-11(9)12-17-13(20-18-12)8-4-3-7(15)6-10(8)19/h1-6,19H. The number of phenolic OH excluding ortho intramolecular Hbond substituents is 1. The van der Waals surface area contributed by atoms with E-state index in [0.29, 0.717) is 10.7 Å². The normalized spacial score (nSPS) is 10.7. The molecule has 0 unspecified atom stereocenters. The Labute approximate surface area is 117 Å². The van der Waals surface area contributed by atoms with Crippen LogP contribution in [0.1, 0.15) is 0 Å². The van der Waals surface area contributed by atoms with E-state index in [1.165, 1.54) is 12.1 Å². The first-order valence-corrected chi connectivity index (χ1v) is 5.96. The van der Waals surface area contributed by atoms with Crippen molar-refractivity contribution < 1.29 is 14.0 Å². The van der Waals surface area contributed by atoms with Crippen molar-refractivity contribution in [3.8, 4) is 28.7 Å². The summed E-state index contributed by atoms with van der Waals surface area (Å²) in [5, 5.41) is 13.8. The molecule has 7 heteroatoms. The van der Waals surface area contributed by atoms with Gasteiger partial charge in [-0.25, -0.2) is 4.39 Å². The minimum atomic E-state index is -0.557. The fraction of sp³-hybridized carbons (Fsp3) is 0. The number of benzene rings is 1. The van der Waals surface area contributed by atoms with Gasteiger partial charge in [0.1, 0.15) is 17.3 Å². The minimum absolute atomic E-state index is 0.0548. The average Bonchev–Trinajstić information content (AvgIpc) is 2.88. The number of pyridine rings is 1. The lowest BCUT2D eigenvalue weighted by molar-refractivity contribution is 0.424. The van der Waals surface area contributed by atoms with Crippen LogP contribution in [0.5, 0.6) is 5.75 Å². The second-order valence-corrected chi connectivity index (χ2v) is 4.33. The number of nitrogens with zero attached hydrogens (tertiary/aromatic N) is 3. The molecule has 0 radical (unpaired) electrons. The molecular weight excluding hydrogens is 285 g/mol. The van der Waals surface area contributed by atoms with Gasteiger partial charge in [-0.05, 0) is 24.3 Å². The molecule has 1 aromatic carbocycles. The van der Waals surface area contributed by atoms with Crippen molar-refractivity contribution in [2.45, 2.75) is 0 Å². The van der Waals surface area contributed by atoms with Gasteiger partial charge in [-0.1, -0.05) is 16.8 Å². The summed E-state index contributed by atoms with van der Waals surface area (Å²) >= 11 is 5.98. The van der Waals surface area contributed by atoms with Crippen molar-refractivity contribution in [2.24, 2.45) is 0 Å². The lowest BCUT2D eigenvalue weighted by Gasteiger charge is -1.98. The second kappa shape index (κ2) is 4.90. The maximum Gasteiger partial charge on any atom is 0.262 e. The molecule has 20 heavy (non-hydrogen) atoms. The van der Waals surface area contributed by atoms with Crippen LogP contribution in [0.4, 0.5) is 4.39 Å². The minimum Gasteiger partial charge on any atom is -0.507 e. The Morgan fingerprint density at radius 2 is 2.10 bits per heavy atom. The maximum atomic E-state index is 12.9. The van der Waals surface area contributed by atoms with Crippen molar-refractivity contribution in [1.82, 2.24) is 15.1 Å². The fourth-order valence-corrected chi connectivity index (χ4v) is 1.87. The summed E-state index contributed by atoms with van der Waals surface area (Å²) in [5.41, 5.74) is 0.600. The van der Waals surface area contributed by atoms with E-state index in [4.69, 9.17) is 16.1 Å². The third-order valence-corrected chi connectivity index (χ3v) is 2.89. The van der Waals surface area contributed by atoms with Crippen molar-refractivity contribution in [3.63, 3.8) is 0 Å². The van der Waals surface area contributed by atoms with E-state index in [9.17, 15) is 9.50 Å². The molecule has 0 atom stereocenters. The number of halogens is 2. The van der Waals surface area contributed by atoms with Gasteiger partial charge in [0.25, 0.3) is 5.89 Å². The van der Waals surface area contributed by atoms with E-state index < -0.39 is 5.82 Å². The quantitative estimate of drug-likeness (QED) is 0.784. The predicted molar refractivity (Wildman–Crippen MR) is 69.6 cm³/mol. The molecular formula is C13H7ClFN3O2. The van der Waals surface area contributed by atoms with Crippen molar-refractivity contribution in [2.75, 3.05) is 0 Å². The van der Waals surface area contributed by atoms with Crippen LogP contribution >= 0.6 is 11.6 Å². The largest absolute Gasteiger partial charge is 0.507 e. The zero-order valence-corrected chi connectivity index (χ0v) is 10.7. The van der Waals surface area contributed by atoms with Crippen molar-refractivity contribution in [3.05, 3.63) is 47.4 Å². The van der Waals surface area contributed by atoms with Gasteiger partial charge in [-0.3, -0.25) is 4.98 Å². The summed E-state index contributed by atoms with van der Waals surface area (Å²) < 4.78 is 18.0. The smallest absolute Gasteiger partial charge is 0.262 e. The fourth-order valence-electron chi connectivity index (χ4n) is 1.66. The van der Waals surface area contributed by atoms with E-state index in [0.717, 1.165) is 6.07 Å². The van der Waals surface area contributed by atoms with Crippen LogP contribution in [-0.2, 0) is 0 Å². The molecule has 0 saturated carbocycles. The van der Waals surface area contributed by atoms with Crippen LogP contribution in [0.3, 0.4) is 0 Å². The van der Waals surface area contributed by atoms with Crippen molar-refractivity contribution in [1.29, 1.82) is 0 Å². The second-order valence-electron chi connectivity index (χ2n) is 3.92. The monoisotopic (exact) mass is 291 g/mol. The summed E-state index contributed by atoms with van der Waals surface area (Å²) in [6.07, 6.45) is 1.55. The highest BCUT2D eigenvalue weighted by atomic mass is 35.5. The Kier molecular flexibility index (Phi) is 3.08. The SMILES string of the molecule is Oc1cc(F)ccc1-c1nc(-c2ncccc2Cl)no1. The van der Waals surface area contributed by atoms with Crippen LogP contribution in [0.2, 0.25) is 5.02 Å². The molecule has 1 N–H and O–H groups in total. The molecule has 0 fully saturated rings. The molecule has 0 aliphatic carbocycles. The zero-order chi connectivity index (χ0) is 14.1. The summed E-state index contributed by atoms with van der Waals surface area (Å²) in [5.74, 6) is -0.598. The van der Waals surface area contributed by atoms with E-state index >= 15 is 0 Å². The Morgan fingerprint density at radius 1 is 1.25 bits per heavy atom. The van der Waals surface area contributed by atoms with Gasteiger partial charge in [-0.2, -0.15) is 4.98 Å². The molecule has 2 aromatic heterocycles. The first kappa shape index (κ1) is 12.6. The summed E-state index contributed by atoms with van der Waals surface area (Å²) in [7, 11) is 0. The molecule has 0 aliphatic heterocycles. The number of hydrogen-bond donors (Lipinski definition) is 1. The lowest BCUT2D eigenvalue weighted by Crippen LogP contribution is -1.86. The molecule has 0 amide bonds. The highest BCUT2D eigenvalue weighted by molar-refractivity contribution is 6.32. The van der Waals surface area contributed by atoms with E-state index in [1.807, 2.05) is 0 Å². The lowest BCUT2D eigenvalue weighted by atomic mass is 10.2. The molecule has 3 rings (SSSR count). The van der Waals surface area contributed by atoms with Gasteiger partial charge in [0, 0.05) is 12.3 Å². The van der Waals surface area contributed by atoms with E-state index in [-0.39, 0.29) is 23.0 Å². The van der Waals surface area contributed by atoms with E-state index in [1.54, 1.807) is 18.3 Å². The molecule has 3 aromatic rings. The first-order chi connectivity index (χ1) is 9.65. The van der Waals surface area contributed by atoms with Crippen LogP contribution in [0, 0.1) is 5.82 Å². The topological polar surface area (TPSA) is 72.0 Å². The third-order valence-electron chi connectivity index (χ3n) is 2.59. The summed E-state index contributed by atoms with van der Waals surface area (Å²) in [6, 6.07) is 6.83. The molecule has 0 bridgehead atoms. The highest BCUT2D eigenvalue weighted by Gasteiger charge is 2.16. The van der Waals surface area contributed by atoms with Gasteiger partial charge in [0.05, 0.1) is 10.6 Å². The number of aromatic nitrogens is 3. The Balaban J connectivity index is 2.04. The predicted octanol–water partition coefficient (Wildman–Crippen LogP) is 3.30. The number of hydrogen-bond acceptors (Lipinski definition) is 5. The maximum absolute atomic E-state index is 12.9. The van der Waals surface area contributed by atoms with Gasteiger partial charge in [0.15, 0.2) is 0 Å². The molecule has 2 heterocycles. The molecule has 0 saturated heterocycles. The average molecular weight is 292 g/mol. The summed E-state index contributed by atoms with van der Waals surface area (Å²) in [6.45, 7) is 0. The molecule has 100 valence electrons. The Morgan fingerprint density at radius 3 is 2.85 bits per heavy atom. The van der Waals surface area contributed by atoms with Crippen LogP contribution in [0.15, 0.2) is 41.1 Å². The Bertz CT molecular complexity index is 776. The van der Waals surface area contributed by atoms with Crippen LogP contribution in [-0.4, -0.2) is 20.2 Å². The van der Waals surface area contributed by atoms with Crippen LogP contribution in [0.25, 0.3) is 23.0 Å². The van der Waals surface area contributed by atoms with E-state index in [2.05, 4.69) is 15.1 Å². The van der Waals surface area contributed by atoms with Gasteiger partial charge in [-0.15, -0.1) is 0 Å². The number of phenols is 1. The van der Waals surface area contributed by atoms with Crippen LogP contribution < -0.4 is 0 Å². The molecule has 0 aliphatic rings.